The fourth-order valence-corrected chi connectivity index (χ4v) is 1.40. The van der Waals surface area contributed by atoms with E-state index in [1.54, 1.807) is 26.2 Å². The lowest BCUT2D eigenvalue weighted by molar-refractivity contribution is -0.143. The first kappa shape index (κ1) is 12.4. The van der Waals surface area contributed by atoms with Crippen molar-refractivity contribution in [2.24, 2.45) is 0 Å². The normalized spacial score (nSPS) is 12.1. The molecule has 0 aliphatic rings. The van der Waals surface area contributed by atoms with E-state index in [9.17, 15) is 4.79 Å². The van der Waals surface area contributed by atoms with Crippen molar-refractivity contribution in [3.05, 3.63) is 23.9 Å². The van der Waals surface area contributed by atoms with Gasteiger partial charge < -0.3 is 15.8 Å². The summed E-state index contributed by atoms with van der Waals surface area (Å²) < 4.78 is 4.90. The number of hydrogen-bond acceptors (Lipinski definition) is 5. The third-order valence-electron chi connectivity index (χ3n) is 2.24. The number of pyridine rings is 1. The molecule has 1 aromatic rings. The summed E-state index contributed by atoms with van der Waals surface area (Å²) in [5.41, 5.74) is 6.42. The summed E-state index contributed by atoms with van der Waals surface area (Å²) in [6.45, 7) is 2.19. The monoisotopic (exact) mass is 223 g/mol. The smallest absolute Gasteiger partial charge is 0.307 e. The first-order valence-corrected chi connectivity index (χ1v) is 5.21. The zero-order valence-electron chi connectivity index (χ0n) is 9.56. The number of carbonyl (C=O) groups is 1. The lowest BCUT2D eigenvalue weighted by atomic mass is 10.1. The third-order valence-corrected chi connectivity index (χ3v) is 2.24. The van der Waals surface area contributed by atoms with E-state index in [0.29, 0.717) is 12.4 Å². The van der Waals surface area contributed by atoms with Crippen LogP contribution >= 0.6 is 0 Å². The van der Waals surface area contributed by atoms with Gasteiger partial charge in [0.1, 0.15) is 5.82 Å². The van der Waals surface area contributed by atoms with Crippen LogP contribution < -0.4 is 11.1 Å². The molecule has 0 bridgehead atoms. The van der Waals surface area contributed by atoms with Gasteiger partial charge in [0, 0.05) is 12.2 Å². The summed E-state index contributed by atoms with van der Waals surface area (Å²) in [5, 5.41) is 3.05. The van der Waals surface area contributed by atoms with Crippen LogP contribution in [0.25, 0.3) is 0 Å². The number of nitrogen functional groups attached to an aromatic ring is 1. The minimum Gasteiger partial charge on any atom is -0.466 e. The van der Waals surface area contributed by atoms with E-state index in [2.05, 4.69) is 10.3 Å². The zero-order valence-corrected chi connectivity index (χ0v) is 9.56. The summed E-state index contributed by atoms with van der Waals surface area (Å²) in [7, 11) is 1.79. The summed E-state index contributed by atoms with van der Waals surface area (Å²) in [4.78, 5) is 15.3. The van der Waals surface area contributed by atoms with Gasteiger partial charge in [0.25, 0.3) is 0 Å². The maximum Gasteiger partial charge on any atom is 0.307 e. The fraction of sp³-hybridized carbons (Fsp3) is 0.455. The van der Waals surface area contributed by atoms with Gasteiger partial charge in [-0.2, -0.15) is 0 Å². The number of aromatic nitrogens is 1. The predicted octanol–water partition coefficient (Wildman–Crippen LogP) is 0.877. The zero-order chi connectivity index (χ0) is 12.0. The third kappa shape index (κ3) is 3.51. The molecule has 1 rings (SSSR count). The lowest BCUT2D eigenvalue weighted by Crippen LogP contribution is -2.21. The summed E-state index contributed by atoms with van der Waals surface area (Å²) in [6, 6.07) is 3.47. The van der Waals surface area contributed by atoms with Crippen molar-refractivity contribution in [2.45, 2.75) is 19.4 Å². The molecule has 0 fully saturated rings. The van der Waals surface area contributed by atoms with E-state index in [1.165, 1.54) is 0 Å². The van der Waals surface area contributed by atoms with Crippen LogP contribution in [0.4, 0.5) is 5.82 Å². The Morgan fingerprint density at radius 2 is 2.38 bits per heavy atom. The molecule has 0 saturated heterocycles. The van der Waals surface area contributed by atoms with E-state index in [4.69, 9.17) is 10.5 Å². The number of nitrogens with two attached hydrogens (primary N) is 1. The second-order valence-electron chi connectivity index (χ2n) is 3.37. The SMILES string of the molecule is CCOC(=O)CC(NC)c1ccc(N)nc1. The molecule has 3 N–H and O–H groups in total. The molecule has 5 nitrogen and oxygen atoms in total. The number of nitrogens with one attached hydrogen (secondary N) is 1. The van der Waals surface area contributed by atoms with E-state index in [1.807, 2.05) is 6.07 Å². The molecule has 0 amide bonds. The second kappa shape index (κ2) is 6.07. The van der Waals surface area contributed by atoms with Crippen molar-refractivity contribution < 1.29 is 9.53 Å². The maximum absolute atomic E-state index is 11.3. The predicted molar refractivity (Wildman–Crippen MR) is 61.7 cm³/mol. The Kier molecular flexibility index (Phi) is 4.72. The van der Waals surface area contributed by atoms with Crippen LogP contribution in [0.3, 0.4) is 0 Å². The first-order chi connectivity index (χ1) is 7.67. The Morgan fingerprint density at radius 3 is 2.88 bits per heavy atom. The van der Waals surface area contributed by atoms with E-state index in [-0.39, 0.29) is 18.4 Å². The van der Waals surface area contributed by atoms with E-state index in [0.717, 1.165) is 5.56 Å². The molecule has 0 radical (unpaired) electrons. The highest BCUT2D eigenvalue weighted by atomic mass is 16.5. The van der Waals surface area contributed by atoms with Crippen LogP contribution in [0.5, 0.6) is 0 Å². The van der Waals surface area contributed by atoms with Crippen molar-refractivity contribution in [3.63, 3.8) is 0 Å². The number of anilines is 1. The molecule has 1 heterocycles. The summed E-state index contributed by atoms with van der Waals surface area (Å²) in [6.07, 6.45) is 1.95. The minimum atomic E-state index is -0.223. The van der Waals surface area contributed by atoms with Crippen LogP contribution in [0, 0.1) is 0 Å². The summed E-state index contributed by atoms with van der Waals surface area (Å²) in [5.74, 6) is 0.244. The van der Waals surface area contributed by atoms with Gasteiger partial charge in [-0.25, -0.2) is 4.98 Å². The van der Waals surface area contributed by atoms with Gasteiger partial charge >= 0.3 is 5.97 Å². The molecule has 5 heteroatoms. The second-order valence-corrected chi connectivity index (χ2v) is 3.37. The number of nitrogens with zero attached hydrogens (tertiary/aromatic N) is 1. The standard InChI is InChI=1S/C11H17N3O2/c1-3-16-11(15)6-9(13-2)8-4-5-10(12)14-7-8/h4-5,7,9,13H,3,6H2,1-2H3,(H2,12,14). The fourth-order valence-electron chi connectivity index (χ4n) is 1.40. The molecule has 16 heavy (non-hydrogen) atoms. The van der Waals surface area contributed by atoms with Gasteiger partial charge in [-0.1, -0.05) is 6.07 Å². The Balaban J connectivity index is 2.67. The van der Waals surface area contributed by atoms with Gasteiger partial charge in [-0.05, 0) is 25.6 Å². The number of ether oxygens (including phenoxy) is 1. The highest BCUT2D eigenvalue weighted by Crippen LogP contribution is 2.16. The Hall–Kier alpha value is -1.62. The molecule has 1 unspecified atom stereocenters. The van der Waals surface area contributed by atoms with Crippen molar-refractivity contribution in [1.29, 1.82) is 0 Å². The van der Waals surface area contributed by atoms with Gasteiger partial charge in [-0.15, -0.1) is 0 Å². The van der Waals surface area contributed by atoms with E-state index >= 15 is 0 Å². The van der Waals surface area contributed by atoms with Gasteiger partial charge in [0.15, 0.2) is 0 Å². The van der Waals surface area contributed by atoms with Crippen molar-refractivity contribution in [1.82, 2.24) is 10.3 Å². The van der Waals surface area contributed by atoms with Gasteiger partial charge in [0.05, 0.1) is 13.0 Å². The van der Waals surface area contributed by atoms with Gasteiger partial charge in [0.2, 0.25) is 0 Å². The first-order valence-electron chi connectivity index (χ1n) is 5.21. The van der Waals surface area contributed by atoms with Crippen LogP contribution in [0.1, 0.15) is 24.9 Å². The van der Waals surface area contributed by atoms with Crippen molar-refractivity contribution in [3.8, 4) is 0 Å². The minimum absolute atomic E-state index is 0.0906. The highest BCUT2D eigenvalue weighted by Gasteiger charge is 2.14. The molecule has 1 aromatic heterocycles. The number of rotatable bonds is 5. The van der Waals surface area contributed by atoms with Crippen LogP contribution in [-0.2, 0) is 9.53 Å². The molecular weight excluding hydrogens is 206 g/mol. The average molecular weight is 223 g/mol. The molecule has 0 saturated carbocycles. The van der Waals surface area contributed by atoms with Crippen molar-refractivity contribution in [2.75, 3.05) is 19.4 Å². The average Bonchev–Trinajstić information content (AvgIpc) is 2.27. The lowest BCUT2D eigenvalue weighted by Gasteiger charge is -2.15. The molecule has 0 aliphatic heterocycles. The van der Waals surface area contributed by atoms with Gasteiger partial charge in [-0.3, -0.25) is 4.79 Å². The molecule has 88 valence electrons. The maximum atomic E-state index is 11.3. The number of hydrogen-bond donors (Lipinski definition) is 2. The molecule has 0 spiro atoms. The quantitative estimate of drug-likeness (QED) is 0.724. The molecule has 0 aliphatic carbocycles. The van der Waals surface area contributed by atoms with Crippen LogP contribution in [0.15, 0.2) is 18.3 Å². The number of esters is 1. The number of carbonyl (C=O) groups excluding carboxylic acids is 1. The Bertz CT molecular complexity index is 338. The largest absolute Gasteiger partial charge is 0.466 e. The molecular formula is C11H17N3O2. The topological polar surface area (TPSA) is 77.2 Å². The Labute approximate surface area is 95.0 Å². The highest BCUT2D eigenvalue weighted by molar-refractivity contribution is 5.70. The van der Waals surface area contributed by atoms with Crippen LogP contribution in [0.2, 0.25) is 0 Å². The van der Waals surface area contributed by atoms with Crippen molar-refractivity contribution >= 4 is 11.8 Å². The van der Waals surface area contributed by atoms with E-state index < -0.39 is 0 Å². The molecule has 1 atom stereocenters. The summed E-state index contributed by atoms with van der Waals surface area (Å²) >= 11 is 0. The Morgan fingerprint density at radius 1 is 1.62 bits per heavy atom. The van der Waals surface area contributed by atoms with Crippen LogP contribution in [-0.4, -0.2) is 24.6 Å². The molecule has 0 aromatic carbocycles.